The lowest BCUT2D eigenvalue weighted by molar-refractivity contribution is -0.394. The highest BCUT2D eigenvalue weighted by molar-refractivity contribution is 6.46. The third kappa shape index (κ3) is 5.45. The summed E-state index contributed by atoms with van der Waals surface area (Å²) in [6.07, 6.45) is 2.96. The Balaban J connectivity index is 1.88. The molecule has 3 aromatic rings. The summed E-state index contributed by atoms with van der Waals surface area (Å²) in [5.74, 6) is -0.596. The second-order valence-corrected chi connectivity index (χ2v) is 7.80. The van der Waals surface area contributed by atoms with Gasteiger partial charge in [0.15, 0.2) is 11.5 Å². The van der Waals surface area contributed by atoms with Crippen LogP contribution in [0.3, 0.4) is 0 Å². The highest BCUT2D eigenvalue weighted by Gasteiger charge is 2.21. The number of halogens is 3. The summed E-state index contributed by atoms with van der Waals surface area (Å²) in [5, 5.41) is 22.3. The van der Waals surface area contributed by atoms with Crippen LogP contribution in [0.15, 0.2) is 48.5 Å². The number of nitro groups is 2. The first-order valence-electron chi connectivity index (χ1n) is 9.27. The third-order valence-corrected chi connectivity index (χ3v) is 5.63. The summed E-state index contributed by atoms with van der Waals surface area (Å²) in [6, 6.07) is 10.7. The van der Waals surface area contributed by atoms with Crippen molar-refractivity contribution in [2.24, 2.45) is 0 Å². The Morgan fingerprint density at radius 2 is 1.59 bits per heavy atom. The number of methoxy groups -OCH3 is 1. The molecule has 0 aliphatic carbocycles. The molecule has 9 nitrogen and oxygen atoms in total. The molecule has 0 bridgehead atoms. The molecule has 174 valence electrons. The van der Waals surface area contributed by atoms with Gasteiger partial charge in [-0.05, 0) is 42.0 Å². The standard InChI is InChI=1S/C22H13Cl3N2O7/c1-33-19-10-12(2-4-13-5-6-14(26(29)30)11-17(13)27(31)32)3-9-18(19)34-22(28)20-15(23)7-8-16(24)21(20)25/h2-11H,1H3/b4-2+. The number of hydrogen-bond donors (Lipinski definition) is 0. The Labute approximate surface area is 207 Å². The zero-order valence-corrected chi connectivity index (χ0v) is 19.4. The van der Waals surface area contributed by atoms with Crippen LogP contribution in [0.4, 0.5) is 11.4 Å². The van der Waals surface area contributed by atoms with Gasteiger partial charge in [-0.3, -0.25) is 20.2 Å². The highest BCUT2D eigenvalue weighted by Crippen LogP contribution is 2.35. The second-order valence-electron chi connectivity index (χ2n) is 6.61. The molecule has 12 heteroatoms. The molecule has 0 spiro atoms. The number of carbonyl (C=O) groups is 1. The van der Waals surface area contributed by atoms with Crippen LogP contribution in [-0.4, -0.2) is 22.9 Å². The van der Waals surface area contributed by atoms with Gasteiger partial charge in [-0.25, -0.2) is 4.79 Å². The number of carbonyl (C=O) groups excluding carboxylic acids is 1. The molecule has 0 unspecified atom stereocenters. The lowest BCUT2D eigenvalue weighted by Gasteiger charge is -2.12. The molecule has 0 saturated carbocycles. The van der Waals surface area contributed by atoms with Gasteiger partial charge in [0.25, 0.3) is 11.4 Å². The van der Waals surface area contributed by atoms with Crippen LogP contribution in [0.25, 0.3) is 12.2 Å². The van der Waals surface area contributed by atoms with Crippen molar-refractivity contribution in [3.8, 4) is 11.5 Å². The molecular weight excluding hydrogens is 511 g/mol. The van der Waals surface area contributed by atoms with E-state index >= 15 is 0 Å². The lowest BCUT2D eigenvalue weighted by Crippen LogP contribution is -2.11. The van der Waals surface area contributed by atoms with Crippen molar-refractivity contribution < 1.29 is 24.1 Å². The minimum Gasteiger partial charge on any atom is -0.493 e. The average molecular weight is 524 g/mol. The molecule has 3 aromatic carbocycles. The first-order valence-corrected chi connectivity index (χ1v) is 10.4. The predicted molar refractivity (Wildman–Crippen MR) is 128 cm³/mol. The fourth-order valence-electron chi connectivity index (χ4n) is 2.87. The van der Waals surface area contributed by atoms with Gasteiger partial charge in [0, 0.05) is 6.07 Å². The van der Waals surface area contributed by atoms with Crippen molar-refractivity contribution in [2.75, 3.05) is 7.11 Å². The van der Waals surface area contributed by atoms with Crippen LogP contribution in [0.1, 0.15) is 21.5 Å². The maximum absolute atomic E-state index is 12.6. The number of non-ortho nitro benzene ring substituents is 1. The Morgan fingerprint density at radius 3 is 2.24 bits per heavy atom. The van der Waals surface area contributed by atoms with Crippen LogP contribution < -0.4 is 9.47 Å². The number of rotatable bonds is 7. The van der Waals surface area contributed by atoms with Gasteiger partial charge >= 0.3 is 5.97 Å². The van der Waals surface area contributed by atoms with Crippen molar-refractivity contribution in [1.29, 1.82) is 0 Å². The molecule has 0 aliphatic heterocycles. The molecule has 0 heterocycles. The quantitative estimate of drug-likeness (QED) is 0.0827. The van der Waals surface area contributed by atoms with Crippen molar-refractivity contribution in [1.82, 2.24) is 0 Å². The number of esters is 1. The van der Waals surface area contributed by atoms with E-state index in [1.165, 1.54) is 55.7 Å². The molecule has 3 rings (SSSR count). The number of benzene rings is 3. The molecule has 0 aromatic heterocycles. The van der Waals surface area contributed by atoms with E-state index in [9.17, 15) is 25.0 Å². The molecule has 0 N–H and O–H groups in total. The SMILES string of the molecule is COc1cc(/C=C/c2ccc([N+](=O)[O-])cc2[N+](=O)[O-])ccc1OC(=O)c1c(Cl)ccc(Cl)c1Cl. The van der Waals surface area contributed by atoms with E-state index in [1.54, 1.807) is 6.07 Å². The molecule has 34 heavy (non-hydrogen) atoms. The van der Waals surface area contributed by atoms with Gasteiger partial charge in [0.2, 0.25) is 0 Å². The van der Waals surface area contributed by atoms with E-state index in [4.69, 9.17) is 44.3 Å². The summed E-state index contributed by atoms with van der Waals surface area (Å²) >= 11 is 18.1. The van der Waals surface area contributed by atoms with E-state index in [-0.39, 0.29) is 37.7 Å². The second kappa shape index (κ2) is 10.5. The van der Waals surface area contributed by atoms with Crippen LogP contribution in [0.2, 0.25) is 15.1 Å². The highest BCUT2D eigenvalue weighted by atomic mass is 35.5. The molecule has 0 atom stereocenters. The normalized spacial score (nSPS) is 10.8. The van der Waals surface area contributed by atoms with Gasteiger partial charge in [-0.2, -0.15) is 0 Å². The van der Waals surface area contributed by atoms with E-state index in [2.05, 4.69) is 0 Å². The van der Waals surface area contributed by atoms with Gasteiger partial charge in [-0.15, -0.1) is 0 Å². The Hall–Kier alpha value is -3.66. The van der Waals surface area contributed by atoms with Crippen LogP contribution >= 0.6 is 34.8 Å². The third-order valence-electron chi connectivity index (χ3n) is 4.52. The van der Waals surface area contributed by atoms with Crippen LogP contribution in [0, 0.1) is 20.2 Å². The average Bonchev–Trinajstić information content (AvgIpc) is 2.80. The fourth-order valence-corrected chi connectivity index (χ4v) is 3.55. The number of hydrogen-bond acceptors (Lipinski definition) is 7. The van der Waals surface area contributed by atoms with Crippen molar-refractivity contribution in [3.05, 3.63) is 101 Å². The summed E-state index contributed by atoms with van der Waals surface area (Å²) in [6.45, 7) is 0. The molecule has 0 amide bonds. The number of ether oxygens (including phenoxy) is 2. The van der Waals surface area contributed by atoms with Gasteiger partial charge in [0.05, 0.1) is 49.2 Å². The summed E-state index contributed by atoms with van der Waals surface area (Å²) in [5.41, 5.74) is -0.208. The van der Waals surface area contributed by atoms with Crippen LogP contribution in [-0.2, 0) is 0 Å². The Kier molecular flexibility index (Phi) is 7.72. The monoisotopic (exact) mass is 522 g/mol. The molecular formula is C22H13Cl3N2O7. The lowest BCUT2D eigenvalue weighted by atomic mass is 10.1. The fraction of sp³-hybridized carbons (Fsp3) is 0.0455. The molecule has 0 radical (unpaired) electrons. The first kappa shape index (κ1) is 25.0. The maximum atomic E-state index is 12.6. The Bertz CT molecular complexity index is 1340. The summed E-state index contributed by atoms with van der Waals surface area (Å²) in [7, 11) is 1.36. The molecule has 0 fully saturated rings. The maximum Gasteiger partial charge on any atom is 0.346 e. The number of nitrogens with zero attached hydrogens (tertiary/aromatic N) is 2. The van der Waals surface area contributed by atoms with Gasteiger partial charge in [-0.1, -0.05) is 46.9 Å². The predicted octanol–water partition coefficient (Wildman–Crippen LogP) is 6.86. The largest absolute Gasteiger partial charge is 0.493 e. The van der Waals surface area contributed by atoms with E-state index < -0.39 is 27.2 Å². The van der Waals surface area contributed by atoms with E-state index in [0.29, 0.717) is 5.56 Å². The van der Waals surface area contributed by atoms with Crippen molar-refractivity contribution in [2.45, 2.75) is 0 Å². The van der Waals surface area contributed by atoms with E-state index in [0.717, 1.165) is 6.07 Å². The van der Waals surface area contributed by atoms with Gasteiger partial charge in [0.1, 0.15) is 0 Å². The topological polar surface area (TPSA) is 122 Å². The van der Waals surface area contributed by atoms with Crippen LogP contribution in [0.5, 0.6) is 11.5 Å². The van der Waals surface area contributed by atoms with Crippen molar-refractivity contribution in [3.63, 3.8) is 0 Å². The molecule has 0 aliphatic rings. The van der Waals surface area contributed by atoms with E-state index in [1.807, 2.05) is 0 Å². The zero-order chi connectivity index (χ0) is 25.0. The Morgan fingerprint density at radius 1 is 0.882 bits per heavy atom. The first-order chi connectivity index (χ1) is 16.1. The smallest absolute Gasteiger partial charge is 0.346 e. The van der Waals surface area contributed by atoms with Crippen molar-refractivity contribution >= 4 is 64.3 Å². The summed E-state index contributed by atoms with van der Waals surface area (Å²) in [4.78, 5) is 33.4. The number of nitro benzene ring substituents is 2. The summed E-state index contributed by atoms with van der Waals surface area (Å²) < 4.78 is 10.7. The van der Waals surface area contributed by atoms with Gasteiger partial charge < -0.3 is 9.47 Å². The molecule has 0 saturated heterocycles. The minimum absolute atomic E-state index is 0.0534. The zero-order valence-electron chi connectivity index (χ0n) is 17.2. The minimum atomic E-state index is -0.847.